The Balaban J connectivity index is 1.38. The number of benzene rings is 3. The smallest absolute Gasteiger partial charge is 0.248 e. The summed E-state index contributed by atoms with van der Waals surface area (Å²) in [4.78, 5) is 12.6. The summed E-state index contributed by atoms with van der Waals surface area (Å²) in [6, 6.07) is 20.0. The first-order valence-corrected chi connectivity index (χ1v) is 14.7. The maximum absolute atomic E-state index is 13.2. The molecule has 0 unspecified atom stereocenters. The summed E-state index contributed by atoms with van der Waals surface area (Å²) in [7, 11) is -2.34. The number of nitrogens with one attached hydrogen (secondary N) is 1. The first-order valence-electron chi connectivity index (χ1n) is 13.3. The van der Waals surface area contributed by atoms with Crippen molar-refractivity contribution in [1.82, 2.24) is 4.31 Å². The van der Waals surface area contributed by atoms with E-state index < -0.39 is 10.0 Å². The van der Waals surface area contributed by atoms with Crippen LogP contribution in [0.5, 0.6) is 17.2 Å². The van der Waals surface area contributed by atoms with Crippen LogP contribution in [-0.2, 0) is 25.0 Å². The van der Waals surface area contributed by atoms with Crippen LogP contribution < -0.4 is 14.8 Å². The fourth-order valence-corrected chi connectivity index (χ4v) is 5.80. The Hall–Kier alpha value is -3.66. The molecule has 8 nitrogen and oxygen atoms in total. The summed E-state index contributed by atoms with van der Waals surface area (Å²) in [6.45, 7) is 7.86. The molecular formula is C31H36N2O6S. The van der Waals surface area contributed by atoms with E-state index in [1.807, 2.05) is 12.1 Å². The van der Waals surface area contributed by atoms with Crippen LogP contribution in [0.4, 0.5) is 5.69 Å². The van der Waals surface area contributed by atoms with Gasteiger partial charge < -0.3 is 19.5 Å². The molecule has 0 radical (unpaired) electrons. The Bertz CT molecular complexity index is 1440. The highest BCUT2D eigenvalue weighted by molar-refractivity contribution is 7.89. The van der Waals surface area contributed by atoms with Gasteiger partial charge in [-0.15, -0.1) is 0 Å². The van der Waals surface area contributed by atoms with Crippen LogP contribution in [0, 0.1) is 0 Å². The van der Waals surface area contributed by atoms with Crippen molar-refractivity contribution < 1.29 is 27.4 Å². The molecule has 212 valence electrons. The standard InChI is InChI=1S/C31H36N2O6S/c1-5-31(2,3)24-8-12-26(13-9-24)39-27-14-10-25(11-15-27)32-30(34)17-7-23-6-16-28(37-4)29(22-23)40(35,36)33-18-20-38-21-19-33/h6-17,22H,5,18-21H2,1-4H3,(H,32,34). The molecule has 0 aromatic heterocycles. The van der Waals surface area contributed by atoms with Gasteiger partial charge in [-0.25, -0.2) is 8.42 Å². The Labute approximate surface area is 236 Å². The van der Waals surface area contributed by atoms with Crippen molar-refractivity contribution in [3.8, 4) is 17.2 Å². The van der Waals surface area contributed by atoms with Crippen molar-refractivity contribution >= 4 is 27.7 Å². The van der Waals surface area contributed by atoms with Gasteiger partial charge in [-0.05, 0) is 77.6 Å². The first kappa shape index (κ1) is 29.3. The van der Waals surface area contributed by atoms with Gasteiger partial charge in [0.1, 0.15) is 22.1 Å². The highest BCUT2D eigenvalue weighted by Crippen LogP contribution is 2.31. The number of ether oxygens (including phenoxy) is 3. The zero-order valence-corrected chi connectivity index (χ0v) is 24.2. The minimum Gasteiger partial charge on any atom is -0.495 e. The molecule has 4 rings (SSSR count). The number of carbonyl (C=O) groups excluding carboxylic acids is 1. The molecule has 1 amide bonds. The van der Waals surface area contributed by atoms with Gasteiger partial charge in [0.05, 0.1) is 20.3 Å². The summed E-state index contributed by atoms with van der Waals surface area (Å²) in [5.41, 5.74) is 2.54. The molecule has 3 aromatic rings. The van der Waals surface area contributed by atoms with Crippen molar-refractivity contribution in [3.63, 3.8) is 0 Å². The van der Waals surface area contributed by atoms with Gasteiger partial charge in [0.15, 0.2) is 0 Å². The topological polar surface area (TPSA) is 94.2 Å². The molecule has 1 saturated heterocycles. The molecule has 40 heavy (non-hydrogen) atoms. The number of amides is 1. The van der Waals surface area contributed by atoms with E-state index in [1.165, 1.54) is 29.1 Å². The van der Waals surface area contributed by atoms with Crippen LogP contribution in [0.3, 0.4) is 0 Å². The van der Waals surface area contributed by atoms with Gasteiger partial charge in [0, 0.05) is 24.9 Å². The highest BCUT2D eigenvalue weighted by Gasteiger charge is 2.29. The van der Waals surface area contributed by atoms with Crippen molar-refractivity contribution in [1.29, 1.82) is 0 Å². The van der Waals surface area contributed by atoms with Crippen molar-refractivity contribution in [3.05, 3.63) is 83.9 Å². The number of hydrogen-bond donors (Lipinski definition) is 1. The largest absolute Gasteiger partial charge is 0.495 e. The normalized spacial score (nSPS) is 14.7. The monoisotopic (exact) mass is 564 g/mol. The lowest BCUT2D eigenvalue weighted by molar-refractivity contribution is -0.111. The van der Waals surface area contributed by atoms with Crippen LogP contribution in [0.1, 0.15) is 38.3 Å². The molecule has 9 heteroatoms. The fraction of sp³-hybridized carbons (Fsp3) is 0.323. The maximum atomic E-state index is 13.2. The average molecular weight is 565 g/mol. The summed E-state index contributed by atoms with van der Waals surface area (Å²) >= 11 is 0. The molecule has 3 aromatic carbocycles. The van der Waals surface area contributed by atoms with Crippen molar-refractivity contribution in [2.24, 2.45) is 0 Å². The third kappa shape index (κ3) is 7.10. The van der Waals surface area contributed by atoms with Crippen LogP contribution in [0.15, 0.2) is 77.7 Å². The second-order valence-electron chi connectivity index (χ2n) is 10.1. The third-order valence-corrected chi connectivity index (χ3v) is 9.00. The van der Waals surface area contributed by atoms with Gasteiger partial charge >= 0.3 is 0 Å². The lowest BCUT2D eigenvalue weighted by atomic mass is 9.82. The molecule has 1 N–H and O–H groups in total. The molecular weight excluding hydrogens is 528 g/mol. The molecule has 0 saturated carbocycles. The summed E-state index contributed by atoms with van der Waals surface area (Å²) in [5.74, 6) is 1.29. The predicted octanol–water partition coefficient (Wildman–Crippen LogP) is 5.85. The van der Waals surface area contributed by atoms with E-state index in [9.17, 15) is 13.2 Å². The van der Waals surface area contributed by atoms with E-state index in [2.05, 4.69) is 38.2 Å². The number of methoxy groups -OCH3 is 1. The van der Waals surface area contributed by atoms with Crippen LogP contribution in [-0.4, -0.2) is 52.0 Å². The quantitative estimate of drug-likeness (QED) is 0.311. The minimum absolute atomic E-state index is 0.0544. The number of sulfonamides is 1. The lowest BCUT2D eigenvalue weighted by Gasteiger charge is -2.26. The highest BCUT2D eigenvalue weighted by atomic mass is 32.2. The van der Waals surface area contributed by atoms with E-state index in [1.54, 1.807) is 42.5 Å². The van der Waals surface area contributed by atoms with E-state index >= 15 is 0 Å². The summed E-state index contributed by atoms with van der Waals surface area (Å²) in [6.07, 6.45) is 3.97. The van der Waals surface area contributed by atoms with Gasteiger partial charge in [-0.2, -0.15) is 4.31 Å². The first-order chi connectivity index (χ1) is 19.1. The Morgan fingerprint density at radius 2 is 1.62 bits per heavy atom. The summed E-state index contributed by atoms with van der Waals surface area (Å²) < 4.78 is 44.3. The van der Waals surface area contributed by atoms with Crippen LogP contribution in [0.25, 0.3) is 6.08 Å². The minimum atomic E-state index is -3.77. The predicted molar refractivity (Wildman–Crippen MR) is 157 cm³/mol. The van der Waals surface area contributed by atoms with E-state index in [0.29, 0.717) is 30.2 Å². The zero-order chi connectivity index (χ0) is 28.8. The molecule has 1 heterocycles. The summed E-state index contributed by atoms with van der Waals surface area (Å²) in [5, 5.41) is 2.81. The lowest BCUT2D eigenvalue weighted by Crippen LogP contribution is -2.40. The Morgan fingerprint density at radius 3 is 2.23 bits per heavy atom. The number of hydrogen-bond acceptors (Lipinski definition) is 6. The number of rotatable bonds is 10. The molecule has 0 atom stereocenters. The second-order valence-corrected chi connectivity index (χ2v) is 12.0. The molecule has 0 aliphatic carbocycles. The van der Waals surface area contributed by atoms with Crippen LogP contribution in [0.2, 0.25) is 0 Å². The van der Waals surface area contributed by atoms with Gasteiger partial charge in [0.25, 0.3) is 0 Å². The third-order valence-electron chi connectivity index (χ3n) is 7.08. The second kappa shape index (κ2) is 12.7. The van der Waals surface area contributed by atoms with Crippen molar-refractivity contribution in [2.75, 3.05) is 38.7 Å². The number of carbonyl (C=O) groups is 1. The molecule has 1 fully saturated rings. The van der Waals surface area contributed by atoms with Gasteiger partial charge in [0.2, 0.25) is 15.9 Å². The Kier molecular flexibility index (Phi) is 9.29. The van der Waals surface area contributed by atoms with E-state index in [0.717, 1.165) is 12.2 Å². The molecule has 0 bridgehead atoms. The van der Waals surface area contributed by atoms with E-state index in [-0.39, 0.29) is 35.1 Å². The fourth-order valence-electron chi connectivity index (χ4n) is 4.20. The zero-order valence-electron chi connectivity index (χ0n) is 23.3. The number of morpholine rings is 1. The number of nitrogens with zero attached hydrogens (tertiary/aromatic N) is 1. The average Bonchev–Trinajstić information content (AvgIpc) is 2.97. The number of anilines is 1. The maximum Gasteiger partial charge on any atom is 0.248 e. The SMILES string of the molecule is CCC(C)(C)c1ccc(Oc2ccc(NC(=O)C=Cc3ccc(OC)c(S(=O)(=O)N4CCOCC4)c3)cc2)cc1. The molecule has 1 aliphatic heterocycles. The van der Waals surface area contributed by atoms with Gasteiger partial charge in [-0.3, -0.25) is 4.79 Å². The van der Waals surface area contributed by atoms with Crippen LogP contribution >= 0.6 is 0 Å². The molecule has 0 spiro atoms. The molecule has 1 aliphatic rings. The Morgan fingerprint density at radius 1 is 1.00 bits per heavy atom. The van der Waals surface area contributed by atoms with Crippen molar-refractivity contribution in [2.45, 2.75) is 37.5 Å². The van der Waals surface area contributed by atoms with Gasteiger partial charge in [-0.1, -0.05) is 39.0 Å². The van der Waals surface area contributed by atoms with E-state index in [4.69, 9.17) is 14.2 Å².